The van der Waals surface area contributed by atoms with Gasteiger partial charge in [-0.2, -0.15) is 18.3 Å². The van der Waals surface area contributed by atoms with Gasteiger partial charge in [0.2, 0.25) is 0 Å². The highest BCUT2D eigenvalue weighted by Crippen LogP contribution is 2.31. The van der Waals surface area contributed by atoms with Gasteiger partial charge in [-0.05, 0) is 44.7 Å². The number of hydrogen-bond acceptors (Lipinski definition) is 2. The van der Waals surface area contributed by atoms with Crippen LogP contribution in [0.5, 0.6) is 0 Å². The van der Waals surface area contributed by atoms with Crippen molar-refractivity contribution in [3.8, 4) is 0 Å². The Bertz CT molecular complexity index is 600. The first-order chi connectivity index (χ1) is 9.86. The second-order valence-corrected chi connectivity index (χ2v) is 4.87. The Labute approximate surface area is 121 Å². The van der Waals surface area contributed by atoms with E-state index in [1.807, 2.05) is 24.6 Å². The molecule has 1 N–H and O–H groups in total. The Morgan fingerprint density at radius 1 is 1.24 bits per heavy atom. The van der Waals surface area contributed by atoms with Crippen LogP contribution in [-0.4, -0.2) is 16.8 Å². The van der Waals surface area contributed by atoms with Crippen LogP contribution >= 0.6 is 0 Å². The highest BCUT2D eigenvalue weighted by Gasteiger charge is 2.30. The molecule has 0 bridgehead atoms. The number of alkyl halides is 3. The van der Waals surface area contributed by atoms with Gasteiger partial charge in [0.15, 0.2) is 0 Å². The molecule has 0 radical (unpaired) electrons. The van der Waals surface area contributed by atoms with Crippen molar-refractivity contribution in [1.82, 2.24) is 15.1 Å². The highest BCUT2D eigenvalue weighted by molar-refractivity contribution is 5.32. The zero-order valence-corrected chi connectivity index (χ0v) is 12.2. The molecule has 0 aliphatic carbocycles. The van der Waals surface area contributed by atoms with E-state index in [0.29, 0.717) is 6.54 Å². The predicted octanol–water partition coefficient (Wildman–Crippen LogP) is 3.54. The molecule has 6 heteroatoms. The molecule has 2 aromatic rings. The molecule has 0 amide bonds. The Balaban J connectivity index is 2.37. The minimum atomic E-state index is -4.31. The number of halogens is 3. The van der Waals surface area contributed by atoms with Crippen LogP contribution in [0.2, 0.25) is 0 Å². The summed E-state index contributed by atoms with van der Waals surface area (Å²) < 4.78 is 39.7. The number of aromatic nitrogens is 2. The quantitative estimate of drug-likeness (QED) is 0.935. The molecule has 1 aromatic heterocycles. The average Bonchev–Trinajstić information content (AvgIpc) is 2.80. The monoisotopic (exact) mass is 297 g/mol. The molecule has 1 aromatic carbocycles. The second kappa shape index (κ2) is 5.89. The lowest BCUT2D eigenvalue weighted by atomic mass is 10.0. The summed E-state index contributed by atoms with van der Waals surface area (Å²) in [4.78, 5) is 0. The maximum atomic E-state index is 12.6. The van der Waals surface area contributed by atoms with E-state index in [2.05, 4.69) is 10.4 Å². The molecule has 21 heavy (non-hydrogen) atoms. The first-order valence-corrected chi connectivity index (χ1v) is 6.75. The molecule has 1 unspecified atom stereocenters. The van der Waals surface area contributed by atoms with Crippen molar-refractivity contribution in [3.63, 3.8) is 0 Å². The fourth-order valence-electron chi connectivity index (χ4n) is 2.40. The van der Waals surface area contributed by atoms with Gasteiger partial charge in [-0.3, -0.25) is 4.68 Å². The number of rotatable bonds is 4. The van der Waals surface area contributed by atoms with E-state index in [1.165, 1.54) is 12.1 Å². The first kappa shape index (κ1) is 15.6. The third-order valence-electron chi connectivity index (χ3n) is 3.39. The molecule has 2 rings (SSSR count). The van der Waals surface area contributed by atoms with Crippen LogP contribution in [-0.2, 0) is 12.7 Å². The lowest BCUT2D eigenvalue weighted by Gasteiger charge is -2.18. The van der Waals surface area contributed by atoms with Crippen LogP contribution < -0.4 is 5.32 Å². The van der Waals surface area contributed by atoms with E-state index >= 15 is 0 Å². The molecular weight excluding hydrogens is 279 g/mol. The van der Waals surface area contributed by atoms with E-state index in [0.717, 1.165) is 29.1 Å². The molecule has 0 aliphatic rings. The zero-order chi connectivity index (χ0) is 15.6. The smallest absolute Gasteiger partial charge is 0.308 e. The van der Waals surface area contributed by atoms with Gasteiger partial charge in [-0.25, -0.2) is 0 Å². The molecule has 0 fully saturated rings. The van der Waals surface area contributed by atoms with Gasteiger partial charge in [-0.1, -0.05) is 12.1 Å². The topological polar surface area (TPSA) is 29.9 Å². The van der Waals surface area contributed by atoms with Crippen molar-refractivity contribution in [1.29, 1.82) is 0 Å². The van der Waals surface area contributed by atoms with Gasteiger partial charge < -0.3 is 5.32 Å². The fourth-order valence-corrected chi connectivity index (χ4v) is 2.40. The van der Waals surface area contributed by atoms with Crippen LogP contribution in [0.15, 0.2) is 30.3 Å². The third kappa shape index (κ3) is 3.26. The Morgan fingerprint density at radius 3 is 2.33 bits per heavy atom. The summed E-state index contributed by atoms with van der Waals surface area (Å²) in [5.41, 5.74) is 1.97. The SMILES string of the molecule is CCn1nc(C)cc1C(NC)c1ccc(C(F)(F)F)cc1. The third-order valence-corrected chi connectivity index (χ3v) is 3.39. The molecule has 0 aliphatic heterocycles. The van der Waals surface area contributed by atoms with Gasteiger partial charge in [-0.15, -0.1) is 0 Å². The van der Waals surface area contributed by atoms with E-state index in [1.54, 1.807) is 7.05 Å². The van der Waals surface area contributed by atoms with E-state index in [4.69, 9.17) is 0 Å². The Hall–Kier alpha value is -1.82. The minimum absolute atomic E-state index is 0.187. The van der Waals surface area contributed by atoms with Crippen LogP contribution in [0, 0.1) is 6.92 Å². The van der Waals surface area contributed by atoms with Crippen molar-refractivity contribution in [2.75, 3.05) is 7.05 Å². The van der Waals surface area contributed by atoms with Crippen LogP contribution in [0.1, 0.15) is 35.5 Å². The number of hydrogen-bond donors (Lipinski definition) is 1. The standard InChI is InChI=1S/C15H18F3N3/c1-4-21-13(9-10(2)20-21)14(19-3)11-5-7-12(8-6-11)15(16,17)18/h5-9,14,19H,4H2,1-3H3. The summed E-state index contributed by atoms with van der Waals surface area (Å²) in [5, 5.41) is 7.52. The van der Waals surface area contributed by atoms with Crippen molar-refractivity contribution in [2.45, 2.75) is 32.6 Å². The predicted molar refractivity (Wildman–Crippen MR) is 75.0 cm³/mol. The molecule has 1 atom stereocenters. The maximum Gasteiger partial charge on any atom is 0.416 e. The van der Waals surface area contributed by atoms with E-state index in [9.17, 15) is 13.2 Å². The van der Waals surface area contributed by atoms with Gasteiger partial charge in [0.1, 0.15) is 0 Å². The number of aryl methyl sites for hydroxylation is 2. The number of nitrogens with one attached hydrogen (secondary N) is 1. The minimum Gasteiger partial charge on any atom is -0.308 e. The normalized spacial score (nSPS) is 13.4. The van der Waals surface area contributed by atoms with Gasteiger partial charge in [0.05, 0.1) is 23.0 Å². The summed E-state index contributed by atoms with van der Waals surface area (Å²) in [6.07, 6.45) is -4.31. The Kier molecular flexibility index (Phi) is 4.37. The summed E-state index contributed by atoms with van der Waals surface area (Å²) >= 11 is 0. The Morgan fingerprint density at radius 2 is 1.86 bits per heavy atom. The van der Waals surface area contributed by atoms with Crippen molar-refractivity contribution < 1.29 is 13.2 Å². The summed E-state index contributed by atoms with van der Waals surface area (Å²) in [7, 11) is 1.78. The van der Waals surface area contributed by atoms with Gasteiger partial charge >= 0.3 is 6.18 Å². The van der Waals surface area contributed by atoms with Crippen molar-refractivity contribution in [2.24, 2.45) is 0 Å². The lowest BCUT2D eigenvalue weighted by Crippen LogP contribution is -2.21. The van der Waals surface area contributed by atoms with Crippen LogP contribution in [0.25, 0.3) is 0 Å². The molecule has 1 heterocycles. The van der Waals surface area contributed by atoms with Gasteiger partial charge in [0.25, 0.3) is 0 Å². The molecular formula is C15H18F3N3. The highest BCUT2D eigenvalue weighted by atomic mass is 19.4. The van der Waals surface area contributed by atoms with Gasteiger partial charge in [0, 0.05) is 6.54 Å². The second-order valence-electron chi connectivity index (χ2n) is 4.87. The maximum absolute atomic E-state index is 12.6. The number of nitrogens with zero attached hydrogens (tertiary/aromatic N) is 2. The number of benzene rings is 1. The lowest BCUT2D eigenvalue weighted by molar-refractivity contribution is -0.137. The van der Waals surface area contributed by atoms with Crippen LogP contribution in [0.4, 0.5) is 13.2 Å². The summed E-state index contributed by atoms with van der Waals surface area (Å²) in [6, 6.07) is 6.99. The van der Waals surface area contributed by atoms with Crippen LogP contribution in [0.3, 0.4) is 0 Å². The molecule has 3 nitrogen and oxygen atoms in total. The van der Waals surface area contributed by atoms with Crippen molar-refractivity contribution >= 4 is 0 Å². The average molecular weight is 297 g/mol. The first-order valence-electron chi connectivity index (χ1n) is 6.75. The molecule has 0 saturated heterocycles. The van der Waals surface area contributed by atoms with E-state index < -0.39 is 11.7 Å². The van der Waals surface area contributed by atoms with E-state index in [-0.39, 0.29) is 6.04 Å². The zero-order valence-electron chi connectivity index (χ0n) is 12.2. The van der Waals surface area contributed by atoms with Crippen molar-refractivity contribution in [3.05, 3.63) is 52.8 Å². The summed E-state index contributed by atoms with van der Waals surface area (Å²) in [5.74, 6) is 0. The molecule has 114 valence electrons. The largest absolute Gasteiger partial charge is 0.416 e. The fraction of sp³-hybridized carbons (Fsp3) is 0.400. The summed E-state index contributed by atoms with van der Waals surface area (Å²) in [6.45, 7) is 4.59. The molecule has 0 spiro atoms. The molecule has 0 saturated carbocycles.